The maximum absolute atomic E-state index is 11.0. The zero-order chi connectivity index (χ0) is 10.7. The highest BCUT2D eigenvalue weighted by Gasteiger charge is 2.37. The lowest BCUT2D eigenvalue weighted by Crippen LogP contribution is -2.46. The minimum absolute atomic E-state index is 0.134. The Labute approximate surface area is 82.2 Å². The Bertz CT molecular complexity index is 222. The predicted molar refractivity (Wildman–Crippen MR) is 49.3 cm³/mol. The molecule has 0 aromatic heterocycles. The molecule has 4 N–H and O–H groups in total. The molecule has 0 saturated carbocycles. The third-order valence-corrected chi connectivity index (χ3v) is 2.28. The van der Waals surface area contributed by atoms with Gasteiger partial charge in [-0.15, -0.1) is 0 Å². The molecule has 1 heterocycles. The van der Waals surface area contributed by atoms with Crippen LogP contribution < -0.4 is 11.5 Å². The Morgan fingerprint density at radius 2 is 2.14 bits per heavy atom. The minimum Gasteiger partial charge on any atom is -0.377 e. The second-order valence-electron chi connectivity index (χ2n) is 3.22. The van der Waals surface area contributed by atoms with Gasteiger partial charge in [-0.3, -0.25) is 4.79 Å². The molecule has 1 aliphatic heterocycles. The van der Waals surface area contributed by atoms with Crippen molar-refractivity contribution in [3.63, 3.8) is 0 Å². The molecule has 0 aliphatic carbocycles. The van der Waals surface area contributed by atoms with Gasteiger partial charge in [0.2, 0.25) is 5.91 Å². The van der Waals surface area contributed by atoms with E-state index in [2.05, 4.69) is 0 Å². The van der Waals surface area contributed by atoms with Gasteiger partial charge in [0.25, 0.3) is 0 Å². The highest BCUT2D eigenvalue weighted by atomic mass is 16.5. The molecule has 0 bridgehead atoms. The lowest BCUT2D eigenvalue weighted by Gasteiger charge is -2.18. The molecule has 80 valence electrons. The van der Waals surface area contributed by atoms with Crippen molar-refractivity contribution in [3.05, 3.63) is 0 Å². The normalized spacial score (nSPS) is 26.5. The van der Waals surface area contributed by atoms with Crippen molar-refractivity contribution in [2.45, 2.75) is 25.5 Å². The van der Waals surface area contributed by atoms with Crippen LogP contribution in [0.15, 0.2) is 0 Å². The van der Waals surface area contributed by atoms with Crippen LogP contribution in [0.5, 0.6) is 0 Å². The third kappa shape index (κ3) is 2.14. The van der Waals surface area contributed by atoms with E-state index in [0.29, 0.717) is 19.6 Å². The second kappa shape index (κ2) is 4.28. The summed E-state index contributed by atoms with van der Waals surface area (Å²) in [4.78, 5) is 23.2. The zero-order valence-electron chi connectivity index (χ0n) is 8.10. The van der Waals surface area contributed by atoms with E-state index in [1.54, 1.807) is 0 Å². The molecular formula is C8H15N3O3. The number of carbonyl (C=O) groups excluding carboxylic acids is 2. The molecule has 1 fully saturated rings. The van der Waals surface area contributed by atoms with Gasteiger partial charge >= 0.3 is 6.03 Å². The lowest BCUT2D eigenvalue weighted by molar-refractivity contribution is -0.121. The van der Waals surface area contributed by atoms with Crippen molar-refractivity contribution in [3.8, 4) is 0 Å². The molecule has 1 saturated heterocycles. The molecule has 2 atom stereocenters. The number of primary amides is 2. The van der Waals surface area contributed by atoms with Crippen LogP contribution in [0.4, 0.5) is 4.79 Å². The van der Waals surface area contributed by atoms with E-state index < -0.39 is 18.0 Å². The van der Waals surface area contributed by atoms with E-state index >= 15 is 0 Å². The number of hydrogen-bond donors (Lipinski definition) is 2. The average Bonchev–Trinajstić information content (AvgIpc) is 2.49. The third-order valence-electron chi connectivity index (χ3n) is 2.28. The Hall–Kier alpha value is -1.30. The average molecular weight is 201 g/mol. The van der Waals surface area contributed by atoms with Crippen LogP contribution in [-0.2, 0) is 9.53 Å². The summed E-state index contributed by atoms with van der Waals surface area (Å²) in [7, 11) is 0. The molecule has 0 aromatic carbocycles. The Morgan fingerprint density at radius 1 is 1.50 bits per heavy atom. The standard InChI is InChI=1S/C8H15N3O3/c1-2-14-5-3-6(7(9)12)11(4-5)8(10)13/h5-6H,2-4H2,1H3,(H2,9,12)(H2,10,13). The van der Waals surface area contributed by atoms with Crippen molar-refractivity contribution >= 4 is 11.9 Å². The van der Waals surface area contributed by atoms with Gasteiger partial charge in [-0.1, -0.05) is 0 Å². The summed E-state index contributed by atoms with van der Waals surface area (Å²) in [5.41, 5.74) is 10.2. The number of urea groups is 1. The van der Waals surface area contributed by atoms with Crippen molar-refractivity contribution < 1.29 is 14.3 Å². The van der Waals surface area contributed by atoms with Crippen LogP contribution in [0.2, 0.25) is 0 Å². The highest BCUT2D eigenvalue weighted by Crippen LogP contribution is 2.19. The number of amides is 3. The van der Waals surface area contributed by atoms with Crippen LogP contribution in [0, 0.1) is 0 Å². The molecule has 6 nitrogen and oxygen atoms in total. The first kappa shape index (κ1) is 10.8. The van der Waals surface area contributed by atoms with Crippen LogP contribution in [0.1, 0.15) is 13.3 Å². The summed E-state index contributed by atoms with van der Waals surface area (Å²) in [6.45, 7) is 2.74. The summed E-state index contributed by atoms with van der Waals surface area (Å²) >= 11 is 0. The first-order chi connectivity index (χ1) is 6.56. The summed E-state index contributed by atoms with van der Waals surface area (Å²) in [5, 5.41) is 0. The monoisotopic (exact) mass is 201 g/mol. The molecular weight excluding hydrogens is 186 g/mol. The zero-order valence-corrected chi connectivity index (χ0v) is 8.10. The fourth-order valence-electron chi connectivity index (χ4n) is 1.67. The van der Waals surface area contributed by atoms with Gasteiger partial charge in [-0.05, 0) is 6.92 Å². The molecule has 2 unspecified atom stereocenters. The molecule has 1 rings (SSSR count). The van der Waals surface area contributed by atoms with E-state index in [1.807, 2.05) is 6.92 Å². The van der Waals surface area contributed by atoms with E-state index in [-0.39, 0.29) is 6.10 Å². The van der Waals surface area contributed by atoms with E-state index in [4.69, 9.17) is 16.2 Å². The topological polar surface area (TPSA) is 98.7 Å². The summed E-state index contributed by atoms with van der Waals surface area (Å²) < 4.78 is 5.31. The smallest absolute Gasteiger partial charge is 0.315 e. The SMILES string of the molecule is CCOC1CC(C(N)=O)N(C(N)=O)C1. The van der Waals surface area contributed by atoms with Crippen molar-refractivity contribution in [2.24, 2.45) is 11.5 Å². The Morgan fingerprint density at radius 3 is 2.50 bits per heavy atom. The van der Waals surface area contributed by atoms with Crippen LogP contribution >= 0.6 is 0 Å². The Balaban J connectivity index is 2.65. The van der Waals surface area contributed by atoms with E-state index in [1.165, 1.54) is 4.90 Å². The number of hydrogen-bond acceptors (Lipinski definition) is 3. The van der Waals surface area contributed by atoms with E-state index in [0.717, 1.165) is 0 Å². The van der Waals surface area contributed by atoms with Gasteiger partial charge in [0, 0.05) is 19.6 Å². The minimum atomic E-state index is -0.629. The number of ether oxygens (including phenoxy) is 1. The number of nitrogens with two attached hydrogens (primary N) is 2. The largest absolute Gasteiger partial charge is 0.377 e. The van der Waals surface area contributed by atoms with Gasteiger partial charge in [0.15, 0.2) is 0 Å². The molecule has 3 amide bonds. The maximum Gasteiger partial charge on any atom is 0.315 e. The first-order valence-electron chi connectivity index (χ1n) is 4.53. The molecule has 1 aliphatic rings. The first-order valence-corrected chi connectivity index (χ1v) is 4.53. The van der Waals surface area contributed by atoms with Crippen LogP contribution in [0.25, 0.3) is 0 Å². The van der Waals surface area contributed by atoms with Crippen molar-refractivity contribution in [1.82, 2.24) is 4.90 Å². The van der Waals surface area contributed by atoms with Gasteiger partial charge in [0.05, 0.1) is 6.10 Å². The van der Waals surface area contributed by atoms with Gasteiger partial charge in [-0.2, -0.15) is 0 Å². The molecule has 0 aromatic rings. The number of carbonyl (C=O) groups is 2. The maximum atomic E-state index is 11.0. The molecule has 0 spiro atoms. The van der Waals surface area contributed by atoms with E-state index in [9.17, 15) is 9.59 Å². The Kier molecular flexibility index (Phi) is 3.29. The summed E-state index contributed by atoms with van der Waals surface area (Å²) in [6.07, 6.45) is 0.302. The molecule has 14 heavy (non-hydrogen) atoms. The fourth-order valence-corrected chi connectivity index (χ4v) is 1.67. The van der Waals surface area contributed by atoms with Gasteiger partial charge in [0.1, 0.15) is 6.04 Å². The van der Waals surface area contributed by atoms with Crippen molar-refractivity contribution in [1.29, 1.82) is 0 Å². The molecule has 6 heteroatoms. The fraction of sp³-hybridized carbons (Fsp3) is 0.750. The van der Waals surface area contributed by atoms with Crippen LogP contribution in [-0.4, -0.2) is 42.1 Å². The number of nitrogens with zero attached hydrogens (tertiary/aromatic N) is 1. The number of likely N-dealkylation sites (tertiary alicyclic amines) is 1. The predicted octanol–water partition coefficient (Wildman–Crippen LogP) is -0.970. The number of rotatable bonds is 3. The lowest BCUT2D eigenvalue weighted by atomic mass is 10.2. The van der Waals surface area contributed by atoms with Gasteiger partial charge < -0.3 is 21.1 Å². The van der Waals surface area contributed by atoms with Crippen LogP contribution in [0.3, 0.4) is 0 Å². The second-order valence-corrected chi connectivity index (χ2v) is 3.22. The van der Waals surface area contributed by atoms with Crippen molar-refractivity contribution in [2.75, 3.05) is 13.2 Å². The molecule has 0 radical (unpaired) electrons. The summed E-state index contributed by atoms with van der Waals surface area (Å²) in [6, 6.07) is -1.25. The van der Waals surface area contributed by atoms with Gasteiger partial charge in [-0.25, -0.2) is 4.79 Å². The quantitative estimate of drug-likeness (QED) is 0.614. The summed E-state index contributed by atoms with van der Waals surface area (Å²) in [5.74, 6) is -0.536. The highest BCUT2D eigenvalue weighted by molar-refractivity contribution is 5.86.